The minimum absolute atomic E-state index is 0.177. The molecule has 0 saturated carbocycles. The van der Waals surface area contributed by atoms with Crippen LogP contribution in [0.25, 0.3) is 5.70 Å². The van der Waals surface area contributed by atoms with Crippen LogP contribution in [-0.2, 0) is 0 Å². The number of benzene rings is 6. The van der Waals surface area contributed by atoms with Gasteiger partial charge in [-0.2, -0.15) is 0 Å². The number of hydrogen-bond acceptors (Lipinski definition) is 6. The van der Waals surface area contributed by atoms with Crippen molar-refractivity contribution < 1.29 is 9.59 Å². The van der Waals surface area contributed by atoms with Crippen LogP contribution in [0.1, 0.15) is 45.7 Å². The van der Waals surface area contributed by atoms with Crippen LogP contribution in [0, 0.1) is 0 Å². The molecule has 0 radical (unpaired) electrons. The highest BCUT2D eigenvalue weighted by Gasteiger charge is 2.26. The lowest BCUT2D eigenvalue weighted by Gasteiger charge is -2.21. The Morgan fingerprint density at radius 2 is 0.865 bits per heavy atom. The molecular weight excluding hydrogens is 641 g/mol. The van der Waals surface area contributed by atoms with E-state index < -0.39 is 0 Å². The number of allylic oxidation sites excluding steroid dienone is 3. The van der Waals surface area contributed by atoms with Crippen molar-refractivity contribution in [3.63, 3.8) is 0 Å². The highest BCUT2D eigenvalue weighted by molar-refractivity contribution is 6.34. The van der Waals surface area contributed by atoms with E-state index in [1.54, 1.807) is 0 Å². The van der Waals surface area contributed by atoms with Gasteiger partial charge in [0.05, 0.1) is 51.0 Å². The van der Waals surface area contributed by atoms with E-state index in [1.807, 2.05) is 184 Å². The molecule has 0 aliphatic carbocycles. The van der Waals surface area contributed by atoms with E-state index in [2.05, 4.69) is 10.6 Å². The van der Waals surface area contributed by atoms with E-state index in [-0.39, 0.29) is 11.6 Å². The summed E-state index contributed by atoms with van der Waals surface area (Å²) in [4.78, 5) is 39.7. The number of anilines is 2. The van der Waals surface area contributed by atoms with Gasteiger partial charge in [-0.25, -0.2) is 4.99 Å². The molecule has 0 fully saturated rings. The SMILES string of the molecule is CC1=Nc2ccccc2N/C(C)=C(/C(=O)c2ccccc2)C(c2ccccc2)=Nc2ccccc2N/C(c2ccccc2)=C\1C(=O)c1ccccc1. The third-order valence-corrected chi connectivity index (χ3v) is 8.77. The van der Waals surface area contributed by atoms with Crippen molar-refractivity contribution in [1.82, 2.24) is 0 Å². The molecule has 0 amide bonds. The fraction of sp³-hybridized carbons (Fsp3) is 0.0435. The molecule has 1 heterocycles. The molecule has 252 valence electrons. The van der Waals surface area contributed by atoms with E-state index in [9.17, 15) is 9.59 Å². The smallest absolute Gasteiger partial charge is 0.196 e. The molecule has 6 nitrogen and oxygen atoms in total. The summed E-state index contributed by atoms with van der Waals surface area (Å²) in [5.74, 6) is -0.355. The second-order valence-electron chi connectivity index (χ2n) is 12.3. The van der Waals surface area contributed by atoms with E-state index in [0.717, 1.165) is 11.1 Å². The number of carbonyl (C=O) groups excluding carboxylic acids is 2. The number of carbonyl (C=O) groups is 2. The minimum atomic E-state index is -0.177. The fourth-order valence-corrected chi connectivity index (χ4v) is 6.24. The first kappa shape index (κ1) is 33.6. The van der Waals surface area contributed by atoms with E-state index in [0.29, 0.717) is 67.8 Å². The van der Waals surface area contributed by atoms with Crippen molar-refractivity contribution in [2.45, 2.75) is 13.8 Å². The predicted octanol–water partition coefficient (Wildman–Crippen LogP) is 10.9. The molecule has 0 bridgehead atoms. The van der Waals surface area contributed by atoms with Gasteiger partial charge in [0.2, 0.25) is 0 Å². The van der Waals surface area contributed by atoms with Gasteiger partial charge >= 0.3 is 0 Å². The maximum absolute atomic E-state index is 14.6. The number of para-hydroxylation sites is 4. The standard InChI is InChI=1S/C46H36N4O2/c1-31-41(45(51)35-23-11-5-12-24-35)43(33-19-7-3-8-20-33)49-39-29-17-18-30-40(39)50-44(34-21-9-4-10-22-34)42(46(52)36-25-13-6-14-26-36)32(2)48-38-28-16-15-27-37(38)47-31/h3-30,47,50H,1-2H3/b41-31+,44-42+,48-32?,49-43?. The number of nitrogens with one attached hydrogen (secondary N) is 2. The van der Waals surface area contributed by atoms with Crippen LogP contribution >= 0.6 is 0 Å². The van der Waals surface area contributed by atoms with Crippen molar-refractivity contribution in [2.75, 3.05) is 10.6 Å². The molecule has 1 aliphatic heterocycles. The van der Waals surface area contributed by atoms with Crippen molar-refractivity contribution in [3.8, 4) is 0 Å². The number of hydrogen-bond donors (Lipinski definition) is 2. The van der Waals surface area contributed by atoms with Crippen LogP contribution in [0.4, 0.5) is 22.7 Å². The first-order chi connectivity index (χ1) is 25.5. The third kappa shape index (κ3) is 7.18. The highest BCUT2D eigenvalue weighted by Crippen LogP contribution is 2.35. The number of ketones is 2. The molecular formula is C46H36N4O2. The number of Topliss-reactive ketones (excluding diaryl/α,β-unsaturated/α-hetero) is 2. The Morgan fingerprint density at radius 1 is 0.442 bits per heavy atom. The quantitative estimate of drug-likeness (QED) is 0.172. The average Bonchev–Trinajstić information content (AvgIpc) is 3.19. The lowest BCUT2D eigenvalue weighted by Crippen LogP contribution is -2.20. The summed E-state index contributed by atoms with van der Waals surface area (Å²) in [5, 5.41) is 7.17. The number of fused-ring (bicyclic) bond motifs is 2. The minimum Gasteiger partial charge on any atom is -0.357 e. The summed E-state index contributed by atoms with van der Waals surface area (Å²) in [7, 11) is 0. The first-order valence-electron chi connectivity index (χ1n) is 17.1. The van der Waals surface area contributed by atoms with Crippen molar-refractivity contribution in [2.24, 2.45) is 9.98 Å². The van der Waals surface area contributed by atoms with Gasteiger partial charge in [-0.15, -0.1) is 0 Å². The zero-order valence-electron chi connectivity index (χ0n) is 28.9. The van der Waals surface area contributed by atoms with Gasteiger partial charge in [0.1, 0.15) is 0 Å². The Hall–Kier alpha value is -6.92. The monoisotopic (exact) mass is 676 g/mol. The summed E-state index contributed by atoms with van der Waals surface area (Å²) < 4.78 is 0. The predicted molar refractivity (Wildman–Crippen MR) is 213 cm³/mol. The molecule has 0 aromatic heterocycles. The molecule has 6 aromatic carbocycles. The third-order valence-electron chi connectivity index (χ3n) is 8.77. The Kier molecular flexibility index (Phi) is 9.89. The van der Waals surface area contributed by atoms with Gasteiger partial charge in [-0.1, -0.05) is 146 Å². The maximum Gasteiger partial charge on any atom is 0.196 e. The van der Waals surface area contributed by atoms with E-state index in [4.69, 9.17) is 9.98 Å². The van der Waals surface area contributed by atoms with Crippen LogP contribution in [0.5, 0.6) is 0 Å². The number of rotatable bonds is 6. The lowest BCUT2D eigenvalue weighted by molar-refractivity contribution is 0.103. The number of aliphatic imine (C=N–C) groups is 2. The van der Waals surface area contributed by atoms with Crippen LogP contribution in [-0.4, -0.2) is 23.0 Å². The summed E-state index contributed by atoms with van der Waals surface area (Å²) in [6.45, 7) is 3.74. The van der Waals surface area contributed by atoms with Gasteiger partial charge in [-0.3, -0.25) is 14.6 Å². The maximum atomic E-state index is 14.6. The van der Waals surface area contributed by atoms with Gasteiger partial charge in [0.15, 0.2) is 11.6 Å². The molecule has 6 heteroatoms. The second kappa shape index (κ2) is 15.3. The Morgan fingerprint density at radius 3 is 1.42 bits per heavy atom. The molecule has 0 spiro atoms. The molecule has 1 aliphatic rings. The zero-order valence-corrected chi connectivity index (χ0v) is 28.9. The molecule has 6 aromatic rings. The number of nitrogens with zero attached hydrogens (tertiary/aromatic N) is 2. The molecule has 0 atom stereocenters. The van der Waals surface area contributed by atoms with Crippen LogP contribution < -0.4 is 10.6 Å². The van der Waals surface area contributed by atoms with Gasteiger partial charge in [-0.05, 0) is 43.7 Å². The molecule has 7 rings (SSSR count). The lowest BCUT2D eigenvalue weighted by atomic mass is 9.92. The van der Waals surface area contributed by atoms with Crippen molar-refractivity contribution in [3.05, 3.63) is 209 Å². The van der Waals surface area contributed by atoms with E-state index in [1.165, 1.54) is 0 Å². The fourth-order valence-electron chi connectivity index (χ4n) is 6.24. The Bertz CT molecular complexity index is 2380. The summed E-state index contributed by atoms with van der Waals surface area (Å²) in [5.41, 5.74) is 8.16. The Balaban J connectivity index is 1.57. The van der Waals surface area contributed by atoms with Crippen LogP contribution in [0.2, 0.25) is 0 Å². The largest absolute Gasteiger partial charge is 0.357 e. The van der Waals surface area contributed by atoms with Gasteiger partial charge in [0.25, 0.3) is 0 Å². The topological polar surface area (TPSA) is 82.9 Å². The van der Waals surface area contributed by atoms with Gasteiger partial charge < -0.3 is 10.6 Å². The van der Waals surface area contributed by atoms with Crippen molar-refractivity contribution in [1.29, 1.82) is 0 Å². The molecule has 0 saturated heterocycles. The summed E-state index contributed by atoms with van der Waals surface area (Å²) in [6.07, 6.45) is 0. The normalized spacial score (nSPS) is 16.1. The van der Waals surface area contributed by atoms with Gasteiger partial charge in [0, 0.05) is 22.4 Å². The first-order valence-corrected chi connectivity index (χ1v) is 17.1. The van der Waals surface area contributed by atoms with Crippen LogP contribution in [0.15, 0.2) is 197 Å². The zero-order chi connectivity index (χ0) is 35.9. The Labute approximate surface area is 303 Å². The summed E-state index contributed by atoms with van der Waals surface area (Å²) >= 11 is 0. The average molecular weight is 677 g/mol. The molecule has 52 heavy (non-hydrogen) atoms. The molecule has 0 unspecified atom stereocenters. The summed E-state index contributed by atoms with van der Waals surface area (Å²) in [6, 6.07) is 53.3. The van der Waals surface area contributed by atoms with Crippen molar-refractivity contribution >= 4 is 51.4 Å². The molecule has 2 N–H and O–H groups in total. The highest BCUT2D eigenvalue weighted by atomic mass is 16.1. The van der Waals surface area contributed by atoms with Crippen LogP contribution in [0.3, 0.4) is 0 Å². The second-order valence-corrected chi connectivity index (χ2v) is 12.3. The van der Waals surface area contributed by atoms with E-state index >= 15 is 0 Å².